The van der Waals surface area contributed by atoms with Crippen LogP contribution in [0, 0.1) is 0 Å². The van der Waals surface area contributed by atoms with Crippen molar-refractivity contribution in [2.75, 3.05) is 19.5 Å². The van der Waals surface area contributed by atoms with Crippen LogP contribution in [0.3, 0.4) is 0 Å². The van der Waals surface area contributed by atoms with E-state index in [1.165, 1.54) is 14.2 Å². The van der Waals surface area contributed by atoms with E-state index in [1.807, 2.05) is 30.3 Å². The van der Waals surface area contributed by atoms with E-state index < -0.39 is 5.91 Å². The Morgan fingerprint density at radius 3 is 2.44 bits per heavy atom. The largest absolute Gasteiger partial charge is 0.497 e. The SMILES string of the molecule is COc1cc(OC)cc(C(=O)NC(=S)Nc2ccc(Cl)cc2-c2nc3ccccc3s2)c1. The van der Waals surface area contributed by atoms with E-state index in [9.17, 15) is 4.79 Å². The number of amides is 1. The van der Waals surface area contributed by atoms with E-state index in [4.69, 9.17) is 38.3 Å². The topological polar surface area (TPSA) is 72.5 Å². The second-order valence-electron chi connectivity index (χ2n) is 6.69. The van der Waals surface area contributed by atoms with Gasteiger partial charge in [-0.2, -0.15) is 0 Å². The molecule has 32 heavy (non-hydrogen) atoms. The van der Waals surface area contributed by atoms with Crippen molar-refractivity contribution >= 4 is 62.1 Å². The van der Waals surface area contributed by atoms with E-state index in [-0.39, 0.29) is 5.11 Å². The number of nitrogens with one attached hydrogen (secondary N) is 2. The Balaban J connectivity index is 1.57. The molecule has 0 atom stereocenters. The van der Waals surface area contributed by atoms with E-state index in [0.29, 0.717) is 27.8 Å². The predicted molar refractivity (Wildman–Crippen MR) is 133 cm³/mol. The number of carbonyl (C=O) groups is 1. The minimum Gasteiger partial charge on any atom is -0.497 e. The summed E-state index contributed by atoms with van der Waals surface area (Å²) in [4.78, 5) is 17.4. The molecular weight excluding hydrogens is 466 g/mol. The normalized spacial score (nSPS) is 10.6. The van der Waals surface area contributed by atoms with Crippen LogP contribution in [-0.2, 0) is 0 Å². The Morgan fingerprint density at radius 2 is 1.75 bits per heavy atom. The van der Waals surface area contributed by atoms with E-state index in [0.717, 1.165) is 20.8 Å². The molecule has 4 rings (SSSR count). The van der Waals surface area contributed by atoms with Crippen molar-refractivity contribution in [1.29, 1.82) is 0 Å². The zero-order chi connectivity index (χ0) is 22.7. The third kappa shape index (κ3) is 4.83. The summed E-state index contributed by atoms with van der Waals surface area (Å²) in [6, 6.07) is 18.2. The number of thiocarbonyl (C=S) groups is 1. The molecule has 0 unspecified atom stereocenters. The molecule has 2 N–H and O–H groups in total. The maximum Gasteiger partial charge on any atom is 0.257 e. The van der Waals surface area contributed by atoms with Gasteiger partial charge in [0.1, 0.15) is 16.5 Å². The van der Waals surface area contributed by atoms with Gasteiger partial charge < -0.3 is 14.8 Å². The lowest BCUT2D eigenvalue weighted by Gasteiger charge is -2.13. The molecule has 0 spiro atoms. The Hall–Kier alpha value is -3.20. The molecule has 1 amide bonds. The molecule has 0 fully saturated rings. The lowest BCUT2D eigenvalue weighted by atomic mass is 10.2. The number of methoxy groups -OCH3 is 2. The van der Waals surface area contributed by atoms with Gasteiger partial charge in [0.15, 0.2) is 5.11 Å². The Bertz CT molecular complexity index is 1270. The minimum atomic E-state index is -0.393. The molecule has 0 saturated carbocycles. The van der Waals surface area contributed by atoms with Crippen molar-refractivity contribution < 1.29 is 14.3 Å². The molecule has 3 aromatic carbocycles. The summed E-state index contributed by atoms with van der Waals surface area (Å²) in [6.45, 7) is 0. The molecule has 162 valence electrons. The maximum absolute atomic E-state index is 12.7. The fourth-order valence-electron chi connectivity index (χ4n) is 3.06. The van der Waals surface area contributed by atoms with E-state index in [1.54, 1.807) is 41.7 Å². The summed E-state index contributed by atoms with van der Waals surface area (Å²) in [5.41, 5.74) is 2.73. The third-order valence-corrected chi connectivity index (χ3v) is 6.10. The zero-order valence-electron chi connectivity index (χ0n) is 17.1. The maximum atomic E-state index is 12.7. The number of hydrogen-bond donors (Lipinski definition) is 2. The number of ether oxygens (including phenoxy) is 2. The summed E-state index contributed by atoms with van der Waals surface area (Å²) in [5.74, 6) is 0.614. The molecule has 1 aromatic heterocycles. The van der Waals surface area contributed by atoms with Crippen molar-refractivity contribution in [3.05, 3.63) is 71.2 Å². The van der Waals surface area contributed by atoms with Crippen molar-refractivity contribution in [2.45, 2.75) is 0 Å². The second-order valence-corrected chi connectivity index (χ2v) is 8.56. The second kappa shape index (κ2) is 9.52. The van der Waals surface area contributed by atoms with E-state index >= 15 is 0 Å². The van der Waals surface area contributed by atoms with Crippen LogP contribution in [0.2, 0.25) is 5.02 Å². The van der Waals surface area contributed by atoms with E-state index in [2.05, 4.69) is 10.6 Å². The van der Waals surface area contributed by atoms with Crippen LogP contribution in [0.15, 0.2) is 60.7 Å². The van der Waals surface area contributed by atoms with Gasteiger partial charge in [-0.1, -0.05) is 23.7 Å². The molecule has 4 aromatic rings. The van der Waals surface area contributed by atoms with Crippen LogP contribution >= 0.6 is 35.2 Å². The fraction of sp³-hybridized carbons (Fsp3) is 0.0870. The first-order valence-corrected chi connectivity index (χ1v) is 11.1. The van der Waals surface area contributed by atoms with Crippen LogP contribution in [0.4, 0.5) is 5.69 Å². The number of anilines is 1. The lowest BCUT2D eigenvalue weighted by molar-refractivity contribution is 0.0977. The van der Waals surface area contributed by atoms with Gasteiger partial charge in [0.25, 0.3) is 5.91 Å². The van der Waals surface area contributed by atoms with Gasteiger partial charge in [-0.25, -0.2) is 4.98 Å². The number of rotatable bonds is 5. The molecule has 9 heteroatoms. The van der Waals surface area contributed by atoms with Crippen molar-refractivity contribution in [3.63, 3.8) is 0 Å². The van der Waals surface area contributed by atoms with Crippen LogP contribution in [0.1, 0.15) is 10.4 Å². The Morgan fingerprint density at radius 1 is 1.03 bits per heavy atom. The smallest absolute Gasteiger partial charge is 0.257 e. The van der Waals surface area contributed by atoms with Gasteiger partial charge in [0.05, 0.1) is 30.1 Å². The Labute approximate surface area is 199 Å². The standard InChI is InChI=1S/C23H18ClN3O3S2/c1-29-15-9-13(10-16(12-15)30-2)21(28)27-23(31)26-18-8-7-14(24)11-17(18)22-25-19-5-3-4-6-20(19)32-22/h3-12H,1-2H3,(H2,26,27,28,31). The summed E-state index contributed by atoms with van der Waals surface area (Å²) < 4.78 is 11.5. The molecule has 0 aliphatic carbocycles. The Kier molecular flexibility index (Phi) is 6.55. The first-order valence-electron chi connectivity index (χ1n) is 9.47. The number of fused-ring (bicyclic) bond motifs is 1. The number of carbonyl (C=O) groups excluding carboxylic acids is 1. The van der Waals surface area contributed by atoms with Crippen LogP contribution in [0.5, 0.6) is 11.5 Å². The average Bonchev–Trinajstić information content (AvgIpc) is 3.24. The molecule has 0 bridgehead atoms. The highest BCUT2D eigenvalue weighted by atomic mass is 35.5. The van der Waals surface area contributed by atoms with Gasteiger partial charge in [-0.15, -0.1) is 11.3 Å². The number of aromatic nitrogens is 1. The summed E-state index contributed by atoms with van der Waals surface area (Å²) in [7, 11) is 3.04. The number of nitrogens with zero attached hydrogens (tertiary/aromatic N) is 1. The molecule has 0 aliphatic heterocycles. The van der Waals surface area contributed by atoms with Gasteiger partial charge in [0, 0.05) is 22.2 Å². The van der Waals surface area contributed by atoms with Gasteiger partial charge in [-0.3, -0.25) is 10.1 Å². The highest BCUT2D eigenvalue weighted by Gasteiger charge is 2.15. The summed E-state index contributed by atoms with van der Waals surface area (Å²) >= 11 is 13.2. The van der Waals surface area contributed by atoms with Crippen molar-refractivity contribution in [2.24, 2.45) is 0 Å². The number of halogens is 1. The van der Waals surface area contributed by atoms with Crippen LogP contribution in [0.25, 0.3) is 20.8 Å². The molecule has 6 nitrogen and oxygen atoms in total. The highest BCUT2D eigenvalue weighted by molar-refractivity contribution is 7.80. The third-order valence-electron chi connectivity index (χ3n) is 4.59. The van der Waals surface area contributed by atoms with Crippen molar-refractivity contribution in [3.8, 4) is 22.1 Å². The highest BCUT2D eigenvalue weighted by Crippen LogP contribution is 2.36. The molecule has 1 heterocycles. The first-order chi connectivity index (χ1) is 15.5. The van der Waals surface area contributed by atoms with Gasteiger partial charge in [0.2, 0.25) is 0 Å². The number of benzene rings is 3. The molecular formula is C23H18ClN3O3S2. The van der Waals surface area contributed by atoms with Crippen LogP contribution in [-0.4, -0.2) is 30.2 Å². The summed E-state index contributed by atoms with van der Waals surface area (Å²) in [5, 5.41) is 7.28. The first kappa shape index (κ1) is 22.0. The molecule has 0 aliphatic rings. The monoisotopic (exact) mass is 483 g/mol. The van der Waals surface area contributed by atoms with Crippen LogP contribution < -0.4 is 20.1 Å². The predicted octanol–water partition coefficient (Wildman–Crippen LogP) is 5.76. The zero-order valence-corrected chi connectivity index (χ0v) is 19.5. The quantitative estimate of drug-likeness (QED) is 0.351. The average molecular weight is 484 g/mol. The number of thiazole rings is 1. The fourth-order valence-corrected chi connectivity index (χ4v) is 4.43. The van der Waals surface area contributed by atoms with Crippen molar-refractivity contribution in [1.82, 2.24) is 10.3 Å². The number of hydrogen-bond acceptors (Lipinski definition) is 6. The minimum absolute atomic E-state index is 0.140. The molecule has 0 saturated heterocycles. The van der Waals surface area contributed by atoms with Gasteiger partial charge in [-0.05, 0) is 54.7 Å². The summed E-state index contributed by atoms with van der Waals surface area (Å²) in [6.07, 6.45) is 0. The number of para-hydroxylation sites is 1. The lowest BCUT2D eigenvalue weighted by Crippen LogP contribution is -2.34. The molecule has 0 radical (unpaired) electrons. The van der Waals surface area contributed by atoms with Gasteiger partial charge >= 0.3 is 0 Å².